The Morgan fingerprint density at radius 1 is 1.03 bits per heavy atom. The second-order valence-corrected chi connectivity index (χ2v) is 8.18. The lowest BCUT2D eigenvalue weighted by molar-refractivity contribution is 0.0365. The summed E-state index contributed by atoms with van der Waals surface area (Å²) in [5.74, 6) is 1.62. The maximum atomic E-state index is 5.47. The Morgan fingerprint density at radius 3 is 2.61 bits per heavy atom. The molecule has 0 aliphatic carbocycles. The molecule has 1 fully saturated rings. The number of nitrogens with zero attached hydrogens (tertiary/aromatic N) is 7. The molecule has 0 radical (unpaired) electrons. The van der Waals surface area contributed by atoms with Crippen LogP contribution in [0.15, 0.2) is 49.2 Å². The van der Waals surface area contributed by atoms with Crippen LogP contribution in [0.4, 0.5) is 0 Å². The fourth-order valence-electron chi connectivity index (χ4n) is 4.08. The van der Waals surface area contributed by atoms with Crippen molar-refractivity contribution in [1.29, 1.82) is 0 Å². The summed E-state index contributed by atoms with van der Waals surface area (Å²) in [5.41, 5.74) is 3.60. The molecule has 8 nitrogen and oxygen atoms in total. The first-order chi connectivity index (χ1) is 15.2. The van der Waals surface area contributed by atoms with Gasteiger partial charge in [-0.1, -0.05) is 13.8 Å². The highest BCUT2D eigenvalue weighted by atomic mass is 16.5. The average molecular weight is 418 g/mol. The van der Waals surface area contributed by atoms with Crippen molar-refractivity contribution in [1.82, 2.24) is 34.2 Å². The number of morpholine rings is 1. The second-order valence-electron chi connectivity index (χ2n) is 8.18. The number of hydrogen-bond acceptors (Lipinski definition) is 6. The van der Waals surface area contributed by atoms with E-state index in [0.29, 0.717) is 17.7 Å². The predicted octanol–water partition coefficient (Wildman–Crippen LogP) is 3.13. The van der Waals surface area contributed by atoms with E-state index in [1.54, 1.807) is 29.5 Å². The number of fused-ring (bicyclic) bond motifs is 1. The highest BCUT2D eigenvalue weighted by Gasteiger charge is 2.16. The molecule has 1 aliphatic heterocycles. The zero-order valence-corrected chi connectivity index (χ0v) is 18.0. The zero-order valence-electron chi connectivity index (χ0n) is 18.0. The molecular formula is C23H27N7O. The lowest BCUT2D eigenvalue weighted by atomic mass is 10.0. The molecule has 0 N–H and O–H groups in total. The van der Waals surface area contributed by atoms with Gasteiger partial charge in [0.2, 0.25) is 0 Å². The van der Waals surface area contributed by atoms with Crippen molar-refractivity contribution in [3.8, 4) is 17.3 Å². The summed E-state index contributed by atoms with van der Waals surface area (Å²) in [6.45, 7) is 10.2. The van der Waals surface area contributed by atoms with Crippen LogP contribution in [0.2, 0.25) is 0 Å². The smallest absolute Gasteiger partial charge is 0.251 e. The maximum absolute atomic E-state index is 5.47. The van der Waals surface area contributed by atoms with Crippen LogP contribution < -0.4 is 0 Å². The van der Waals surface area contributed by atoms with E-state index in [1.807, 2.05) is 0 Å². The van der Waals surface area contributed by atoms with Crippen molar-refractivity contribution in [3.63, 3.8) is 0 Å². The molecule has 1 aliphatic rings. The molecule has 0 saturated carbocycles. The monoisotopic (exact) mass is 417 g/mol. The first-order valence-corrected chi connectivity index (χ1v) is 10.8. The van der Waals surface area contributed by atoms with Crippen molar-refractivity contribution < 1.29 is 4.74 Å². The third-order valence-corrected chi connectivity index (χ3v) is 5.80. The van der Waals surface area contributed by atoms with E-state index in [4.69, 9.17) is 4.74 Å². The maximum Gasteiger partial charge on any atom is 0.251 e. The van der Waals surface area contributed by atoms with Crippen molar-refractivity contribution in [2.45, 2.75) is 26.3 Å². The molecule has 4 aromatic rings. The quantitative estimate of drug-likeness (QED) is 0.480. The van der Waals surface area contributed by atoms with Gasteiger partial charge in [0.05, 0.1) is 13.2 Å². The van der Waals surface area contributed by atoms with Gasteiger partial charge in [-0.15, -0.1) is 5.10 Å². The molecule has 1 aromatic carbocycles. The van der Waals surface area contributed by atoms with Crippen LogP contribution in [0.25, 0.3) is 28.2 Å². The van der Waals surface area contributed by atoms with E-state index < -0.39 is 0 Å². The number of benzene rings is 1. The molecule has 31 heavy (non-hydrogen) atoms. The van der Waals surface area contributed by atoms with Crippen LogP contribution in [-0.4, -0.2) is 67.0 Å². The topological polar surface area (TPSA) is 73.9 Å². The minimum atomic E-state index is 0.436. The summed E-state index contributed by atoms with van der Waals surface area (Å²) < 4.78 is 9.46. The molecule has 0 bridgehead atoms. The third kappa shape index (κ3) is 4.08. The molecule has 8 heteroatoms. The average Bonchev–Trinajstić information content (AvgIpc) is 3.44. The molecule has 0 atom stereocenters. The van der Waals surface area contributed by atoms with Gasteiger partial charge in [0, 0.05) is 61.2 Å². The van der Waals surface area contributed by atoms with Gasteiger partial charge in [0.1, 0.15) is 6.33 Å². The Morgan fingerprint density at radius 2 is 1.84 bits per heavy atom. The highest BCUT2D eigenvalue weighted by molar-refractivity contribution is 5.88. The number of rotatable bonds is 6. The van der Waals surface area contributed by atoms with Crippen LogP contribution >= 0.6 is 0 Å². The number of ether oxygens (including phenoxy) is 1. The fraction of sp³-hybridized carbons (Fsp3) is 0.391. The Balaban J connectivity index is 1.45. The SMILES string of the molecule is CC(C)c1cn(CCN2CCOCC2)c2ccc(-c3ncn(-c4ncccn4)n3)cc12. The zero-order chi connectivity index (χ0) is 21.2. The highest BCUT2D eigenvalue weighted by Crippen LogP contribution is 2.31. The van der Waals surface area contributed by atoms with E-state index in [2.05, 4.69) is 67.8 Å². The molecule has 0 amide bonds. The molecule has 1 saturated heterocycles. The normalized spacial score (nSPS) is 15.2. The minimum absolute atomic E-state index is 0.436. The third-order valence-electron chi connectivity index (χ3n) is 5.80. The molecule has 3 aromatic heterocycles. The van der Waals surface area contributed by atoms with Gasteiger partial charge in [-0.2, -0.15) is 4.68 Å². The van der Waals surface area contributed by atoms with Gasteiger partial charge in [0.15, 0.2) is 5.82 Å². The van der Waals surface area contributed by atoms with Gasteiger partial charge < -0.3 is 9.30 Å². The fourth-order valence-corrected chi connectivity index (χ4v) is 4.08. The van der Waals surface area contributed by atoms with Gasteiger partial charge in [-0.3, -0.25) is 4.90 Å². The van der Waals surface area contributed by atoms with Gasteiger partial charge in [0.25, 0.3) is 5.95 Å². The van der Waals surface area contributed by atoms with E-state index in [-0.39, 0.29) is 0 Å². The molecule has 160 valence electrons. The van der Waals surface area contributed by atoms with E-state index in [1.165, 1.54) is 16.5 Å². The summed E-state index contributed by atoms with van der Waals surface area (Å²) >= 11 is 0. The van der Waals surface area contributed by atoms with Crippen LogP contribution in [0.3, 0.4) is 0 Å². The Bertz CT molecular complexity index is 1160. The van der Waals surface area contributed by atoms with Crippen molar-refractivity contribution in [3.05, 3.63) is 54.7 Å². The first-order valence-electron chi connectivity index (χ1n) is 10.8. The molecule has 4 heterocycles. The largest absolute Gasteiger partial charge is 0.379 e. The Kier molecular flexibility index (Phi) is 5.48. The summed E-state index contributed by atoms with van der Waals surface area (Å²) in [7, 11) is 0. The van der Waals surface area contributed by atoms with E-state index in [0.717, 1.165) is 45.0 Å². The van der Waals surface area contributed by atoms with Crippen LogP contribution in [0.1, 0.15) is 25.3 Å². The van der Waals surface area contributed by atoms with Crippen LogP contribution in [0.5, 0.6) is 0 Å². The van der Waals surface area contributed by atoms with E-state index in [9.17, 15) is 0 Å². The summed E-state index contributed by atoms with van der Waals surface area (Å²) in [6, 6.07) is 8.28. The van der Waals surface area contributed by atoms with Crippen LogP contribution in [0, 0.1) is 0 Å². The van der Waals surface area contributed by atoms with Gasteiger partial charge in [-0.05, 0) is 35.7 Å². The summed E-state index contributed by atoms with van der Waals surface area (Å²) in [4.78, 5) is 15.4. The summed E-state index contributed by atoms with van der Waals surface area (Å²) in [5, 5.41) is 5.86. The lowest BCUT2D eigenvalue weighted by Crippen LogP contribution is -2.38. The predicted molar refractivity (Wildman–Crippen MR) is 119 cm³/mol. The number of aromatic nitrogens is 6. The lowest BCUT2D eigenvalue weighted by Gasteiger charge is -2.26. The van der Waals surface area contributed by atoms with Gasteiger partial charge >= 0.3 is 0 Å². The standard InChI is InChI=1S/C23H27N7O/c1-17(2)20-15-29(9-8-28-10-12-31-13-11-28)21-5-4-18(14-19(20)21)22-26-16-30(27-22)23-24-6-3-7-25-23/h3-7,14-17H,8-13H2,1-2H3. The second kappa shape index (κ2) is 8.56. The van der Waals surface area contributed by atoms with Crippen molar-refractivity contribution >= 4 is 10.9 Å². The first kappa shape index (κ1) is 19.8. The molecule has 0 spiro atoms. The van der Waals surface area contributed by atoms with Crippen molar-refractivity contribution in [2.24, 2.45) is 0 Å². The molecular weight excluding hydrogens is 390 g/mol. The van der Waals surface area contributed by atoms with Crippen LogP contribution in [-0.2, 0) is 11.3 Å². The van der Waals surface area contributed by atoms with Gasteiger partial charge in [-0.25, -0.2) is 15.0 Å². The van der Waals surface area contributed by atoms with Crippen molar-refractivity contribution in [2.75, 3.05) is 32.8 Å². The summed E-state index contributed by atoms with van der Waals surface area (Å²) in [6.07, 6.45) is 7.36. The minimum Gasteiger partial charge on any atom is -0.379 e. The van der Waals surface area contributed by atoms with E-state index >= 15 is 0 Å². The molecule has 0 unspecified atom stereocenters. The Hall–Kier alpha value is -3.10. The Labute approximate surface area is 181 Å². The molecule has 5 rings (SSSR count). The number of hydrogen-bond donors (Lipinski definition) is 0.